The maximum atomic E-state index is 13.7. The van der Waals surface area contributed by atoms with Crippen molar-refractivity contribution in [3.63, 3.8) is 0 Å². The summed E-state index contributed by atoms with van der Waals surface area (Å²) in [6, 6.07) is 6.63. The number of carbonyl (C=O) groups is 5. The van der Waals surface area contributed by atoms with Gasteiger partial charge in [0.1, 0.15) is 6.04 Å². The van der Waals surface area contributed by atoms with E-state index in [0.717, 1.165) is 5.56 Å². The van der Waals surface area contributed by atoms with Gasteiger partial charge in [-0.05, 0) is 59.2 Å². The lowest BCUT2D eigenvalue weighted by Crippen LogP contribution is -2.49. The molecule has 3 aliphatic rings. The summed E-state index contributed by atoms with van der Waals surface area (Å²) in [5.74, 6) is -4.13. The first-order chi connectivity index (χ1) is 20.5. The molecule has 0 aromatic heterocycles. The Balaban J connectivity index is 1.36. The standard InChI is InChI=1S/C27H29B2N3O11/c33-23(34)6-5-18(10-24(35)36)30-26(38)22-9-19(31-25(37)14-1-3-16-12-42-28(40)20(16)7-14)11-32(22)27(39)15-2-4-17-13-43-29(41)21(17)8-15/h1-4,7-8,18-19,22,40-41H,5-6,9-13H2,(H,30,38)(H,31,37)(H,33,34)(H,35,36)/t18?,19-,22+/m1/s1. The second kappa shape index (κ2) is 12.6. The number of fused-ring (bicyclic) bond motifs is 2. The van der Waals surface area contributed by atoms with Crippen LogP contribution in [0.25, 0.3) is 0 Å². The molecular weight excluding hydrogens is 564 g/mol. The average Bonchev–Trinajstić information content (AvgIpc) is 3.67. The van der Waals surface area contributed by atoms with Crippen LogP contribution < -0.4 is 21.6 Å². The summed E-state index contributed by atoms with van der Waals surface area (Å²) >= 11 is 0. The number of nitrogens with zero attached hydrogens (tertiary/aromatic N) is 1. The van der Waals surface area contributed by atoms with Gasteiger partial charge in [0.2, 0.25) is 5.91 Å². The molecule has 224 valence electrons. The number of carboxylic acid groups (broad SMARTS) is 2. The smallest absolute Gasteiger partial charge is 0.481 e. The van der Waals surface area contributed by atoms with Gasteiger partial charge in [0, 0.05) is 36.2 Å². The molecule has 0 bridgehead atoms. The van der Waals surface area contributed by atoms with Crippen molar-refractivity contribution in [3.05, 3.63) is 58.7 Å². The molecule has 0 spiro atoms. The molecule has 0 saturated carbocycles. The molecule has 3 heterocycles. The van der Waals surface area contributed by atoms with Gasteiger partial charge in [-0.25, -0.2) is 0 Å². The molecule has 2 aromatic carbocycles. The molecule has 0 radical (unpaired) electrons. The number of nitrogens with one attached hydrogen (secondary N) is 2. The van der Waals surface area contributed by atoms with E-state index in [1.165, 1.54) is 17.0 Å². The monoisotopic (exact) mass is 593 g/mol. The highest BCUT2D eigenvalue weighted by Crippen LogP contribution is 2.23. The van der Waals surface area contributed by atoms with E-state index in [1.54, 1.807) is 24.3 Å². The van der Waals surface area contributed by atoms with Crippen LogP contribution >= 0.6 is 0 Å². The first-order valence-corrected chi connectivity index (χ1v) is 13.7. The molecule has 14 nitrogen and oxygen atoms in total. The summed E-state index contributed by atoms with van der Waals surface area (Å²) in [5, 5.41) is 43.8. The summed E-state index contributed by atoms with van der Waals surface area (Å²) in [4.78, 5) is 64.0. The molecular formula is C27H29B2N3O11. The summed E-state index contributed by atoms with van der Waals surface area (Å²) in [6.07, 6.45) is -1.03. The Hall–Kier alpha value is -4.24. The van der Waals surface area contributed by atoms with Crippen LogP contribution in [0, 0.1) is 0 Å². The largest absolute Gasteiger partial charge is 0.491 e. The normalized spacial score (nSPS) is 19.5. The minimum Gasteiger partial charge on any atom is -0.481 e. The van der Waals surface area contributed by atoms with Crippen LogP contribution in [-0.4, -0.2) is 93.7 Å². The molecule has 3 atom stereocenters. The summed E-state index contributed by atoms with van der Waals surface area (Å²) in [6.45, 7) is 0.339. The lowest BCUT2D eigenvalue weighted by atomic mass is 9.78. The molecule has 16 heteroatoms. The van der Waals surface area contributed by atoms with Crippen molar-refractivity contribution >= 4 is 54.8 Å². The van der Waals surface area contributed by atoms with Gasteiger partial charge < -0.3 is 45.1 Å². The highest BCUT2D eigenvalue weighted by molar-refractivity contribution is 6.62. The zero-order chi connectivity index (χ0) is 30.8. The van der Waals surface area contributed by atoms with Crippen molar-refractivity contribution in [3.8, 4) is 0 Å². The Morgan fingerprint density at radius 2 is 1.51 bits per heavy atom. The van der Waals surface area contributed by atoms with Crippen molar-refractivity contribution in [1.82, 2.24) is 15.5 Å². The zero-order valence-electron chi connectivity index (χ0n) is 22.9. The van der Waals surface area contributed by atoms with Crippen molar-refractivity contribution < 1.29 is 53.5 Å². The molecule has 6 N–H and O–H groups in total. The number of benzene rings is 2. The van der Waals surface area contributed by atoms with Crippen LogP contribution in [0.3, 0.4) is 0 Å². The molecule has 0 aliphatic carbocycles. The van der Waals surface area contributed by atoms with E-state index >= 15 is 0 Å². The Kier molecular flexibility index (Phi) is 8.82. The summed E-state index contributed by atoms with van der Waals surface area (Å²) < 4.78 is 10.4. The quantitative estimate of drug-likeness (QED) is 0.165. The minimum absolute atomic E-state index is 0.00457. The third kappa shape index (κ3) is 6.72. The molecule has 1 unspecified atom stereocenters. The topological polar surface area (TPSA) is 212 Å². The number of likely N-dealkylation sites (tertiary alicyclic amines) is 1. The number of hydrogen-bond acceptors (Lipinski definition) is 9. The van der Waals surface area contributed by atoms with Crippen molar-refractivity contribution in [1.29, 1.82) is 0 Å². The number of carbonyl (C=O) groups excluding carboxylic acids is 3. The summed E-state index contributed by atoms with van der Waals surface area (Å²) in [7, 11) is -2.35. The predicted molar refractivity (Wildman–Crippen MR) is 149 cm³/mol. The van der Waals surface area contributed by atoms with E-state index in [2.05, 4.69) is 10.6 Å². The SMILES string of the molecule is O=C(O)CCC(CC(=O)O)NC(=O)[C@@H]1C[C@@H](NC(=O)c2ccc3c(c2)B(O)OC3)CN1C(=O)c1ccc2c(c1)B(O)OC2. The lowest BCUT2D eigenvalue weighted by molar-refractivity contribution is -0.140. The van der Waals surface area contributed by atoms with Crippen LogP contribution in [0.4, 0.5) is 0 Å². The van der Waals surface area contributed by atoms with Crippen molar-refractivity contribution in [2.24, 2.45) is 0 Å². The van der Waals surface area contributed by atoms with Crippen LogP contribution in [0.5, 0.6) is 0 Å². The second-order valence-electron chi connectivity index (χ2n) is 10.8. The molecule has 1 saturated heterocycles. The third-order valence-corrected chi connectivity index (χ3v) is 7.80. The second-order valence-corrected chi connectivity index (χ2v) is 10.8. The van der Waals surface area contributed by atoms with Gasteiger partial charge in [-0.1, -0.05) is 12.1 Å². The fourth-order valence-corrected chi connectivity index (χ4v) is 5.58. The molecule has 2 aromatic rings. The van der Waals surface area contributed by atoms with E-state index < -0.39 is 68.4 Å². The molecule has 1 fully saturated rings. The van der Waals surface area contributed by atoms with E-state index in [-0.39, 0.29) is 50.1 Å². The fraction of sp³-hybridized carbons (Fsp3) is 0.370. The van der Waals surface area contributed by atoms with Gasteiger partial charge in [0.05, 0.1) is 19.6 Å². The van der Waals surface area contributed by atoms with Gasteiger partial charge in [0.25, 0.3) is 11.8 Å². The van der Waals surface area contributed by atoms with E-state index in [1.807, 2.05) is 0 Å². The maximum Gasteiger partial charge on any atom is 0.491 e. The van der Waals surface area contributed by atoms with Crippen LogP contribution in [-0.2, 0) is 36.9 Å². The summed E-state index contributed by atoms with van der Waals surface area (Å²) in [5.41, 5.74) is 2.79. The van der Waals surface area contributed by atoms with Gasteiger partial charge in [-0.2, -0.15) is 0 Å². The van der Waals surface area contributed by atoms with Gasteiger partial charge in [-0.3, -0.25) is 24.0 Å². The Labute approximate surface area is 246 Å². The number of amides is 3. The molecule has 5 rings (SSSR count). The highest BCUT2D eigenvalue weighted by atomic mass is 16.5. The molecule has 3 amide bonds. The number of aliphatic carboxylic acids is 2. The van der Waals surface area contributed by atoms with E-state index in [4.69, 9.17) is 14.4 Å². The average molecular weight is 593 g/mol. The Morgan fingerprint density at radius 1 is 0.907 bits per heavy atom. The first-order valence-electron chi connectivity index (χ1n) is 13.7. The van der Waals surface area contributed by atoms with Crippen LogP contribution in [0.2, 0.25) is 0 Å². The number of rotatable bonds is 10. The Morgan fingerprint density at radius 3 is 2.12 bits per heavy atom. The van der Waals surface area contributed by atoms with Gasteiger partial charge >= 0.3 is 26.2 Å². The molecule has 43 heavy (non-hydrogen) atoms. The fourth-order valence-electron chi connectivity index (χ4n) is 5.58. The van der Waals surface area contributed by atoms with Crippen LogP contribution in [0.15, 0.2) is 36.4 Å². The first kappa shape index (κ1) is 30.2. The highest BCUT2D eigenvalue weighted by Gasteiger charge is 2.42. The van der Waals surface area contributed by atoms with Crippen molar-refractivity contribution in [2.75, 3.05) is 6.54 Å². The van der Waals surface area contributed by atoms with Crippen molar-refractivity contribution in [2.45, 2.75) is 57.0 Å². The van der Waals surface area contributed by atoms with E-state index in [0.29, 0.717) is 16.5 Å². The Bertz CT molecular complexity index is 1470. The van der Waals surface area contributed by atoms with E-state index in [9.17, 15) is 39.1 Å². The molecule has 3 aliphatic heterocycles. The van der Waals surface area contributed by atoms with Gasteiger partial charge in [-0.15, -0.1) is 0 Å². The zero-order valence-corrected chi connectivity index (χ0v) is 22.9. The minimum atomic E-state index is -1.23. The lowest BCUT2D eigenvalue weighted by Gasteiger charge is -2.26. The van der Waals surface area contributed by atoms with Gasteiger partial charge in [0.15, 0.2) is 0 Å². The third-order valence-electron chi connectivity index (χ3n) is 7.80. The van der Waals surface area contributed by atoms with Crippen LogP contribution in [0.1, 0.15) is 57.5 Å². The number of hydrogen-bond donors (Lipinski definition) is 6. The maximum absolute atomic E-state index is 13.7. The number of carboxylic acids is 2. The predicted octanol–water partition coefficient (Wildman–Crippen LogP) is -2.04.